The summed E-state index contributed by atoms with van der Waals surface area (Å²) in [5, 5.41) is 6.73. The molecule has 0 radical (unpaired) electrons. The average Bonchev–Trinajstić information content (AvgIpc) is 3.13. The fraction of sp³-hybridized carbons (Fsp3) is 0.500. The van der Waals surface area contributed by atoms with Crippen molar-refractivity contribution < 1.29 is 0 Å². The van der Waals surface area contributed by atoms with Crippen LogP contribution in [0.25, 0.3) is 0 Å². The van der Waals surface area contributed by atoms with Gasteiger partial charge in [0.25, 0.3) is 0 Å². The van der Waals surface area contributed by atoms with Gasteiger partial charge >= 0.3 is 0 Å². The molecule has 2 N–H and O–H groups in total. The summed E-state index contributed by atoms with van der Waals surface area (Å²) in [6.07, 6.45) is 10.7. The first-order chi connectivity index (χ1) is 12.3. The molecule has 0 atom stereocenters. The van der Waals surface area contributed by atoms with Crippen molar-refractivity contribution in [1.29, 1.82) is 0 Å². The van der Waals surface area contributed by atoms with Gasteiger partial charge in [0.2, 0.25) is 0 Å². The van der Waals surface area contributed by atoms with Crippen LogP contribution >= 0.6 is 24.0 Å². The van der Waals surface area contributed by atoms with E-state index in [4.69, 9.17) is 0 Å². The highest BCUT2D eigenvalue weighted by Crippen LogP contribution is 2.07. The Morgan fingerprint density at radius 3 is 2.46 bits per heavy atom. The van der Waals surface area contributed by atoms with Gasteiger partial charge in [-0.15, -0.1) is 24.0 Å². The van der Waals surface area contributed by atoms with Gasteiger partial charge in [0.15, 0.2) is 5.96 Å². The summed E-state index contributed by atoms with van der Waals surface area (Å²) in [7, 11) is 0. The van der Waals surface area contributed by atoms with Crippen LogP contribution in [0.5, 0.6) is 0 Å². The van der Waals surface area contributed by atoms with Gasteiger partial charge in [-0.3, -0.25) is 0 Å². The minimum absolute atomic E-state index is 0. The van der Waals surface area contributed by atoms with Gasteiger partial charge in [0, 0.05) is 32.0 Å². The van der Waals surface area contributed by atoms with E-state index in [0.29, 0.717) is 6.54 Å². The van der Waals surface area contributed by atoms with Gasteiger partial charge in [-0.05, 0) is 24.5 Å². The maximum atomic E-state index is 4.69. The van der Waals surface area contributed by atoms with E-state index in [1.165, 1.54) is 36.8 Å². The van der Waals surface area contributed by atoms with Crippen LogP contribution in [0.2, 0.25) is 0 Å². The smallest absolute Gasteiger partial charge is 0.191 e. The number of rotatable bonds is 10. The van der Waals surface area contributed by atoms with Crippen molar-refractivity contribution in [3.05, 3.63) is 54.1 Å². The summed E-state index contributed by atoms with van der Waals surface area (Å²) < 4.78 is 2.07. The lowest BCUT2D eigenvalue weighted by atomic mass is 10.1. The fourth-order valence-electron chi connectivity index (χ4n) is 2.61. The second-order valence-electron chi connectivity index (χ2n) is 6.23. The first kappa shape index (κ1) is 22.5. The van der Waals surface area contributed by atoms with E-state index in [2.05, 4.69) is 63.3 Å². The Balaban J connectivity index is 0.00000338. The topological polar surface area (TPSA) is 54.2 Å². The van der Waals surface area contributed by atoms with E-state index in [-0.39, 0.29) is 24.0 Å². The number of guanidine groups is 1. The summed E-state index contributed by atoms with van der Waals surface area (Å²) >= 11 is 0. The Kier molecular flexibility index (Phi) is 11.8. The molecule has 0 aliphatic carbocycles. The highest BCUT2D eigenvalue weighted by molar-refractivity contribution is 14.0. The maximum Gasteiger partial charge on any atom is 0.191 e. The molecular weight excluding hydrogens is 437 g/mol. The Hall–Kier alpha value is -1.57. The van der Waals surface area contributed by atoms with Crippen LogP contribution in [0.1, 0.15) is 50.7 Å². The Labute approximate surface area is 174 Å². The number of benzene rings is 1. The zero-order chi connectivity index (χ0) is 17.7. The molecule has 144 valence electrons. The lowest BCUT2D eigenvalue weighted by molar-refractivity contribution is 0.647. The zero-order valence-corrected chi connectivity index (χ0v) is 18.3. The maximum absolute atomic E-state index is 4.69. The Bertz CT molecular complexity index is 608. The highest BCUT2D eigenvalue weighted by Gasteiger charge is 1.99. The molecule has 2 aromatic rings. The number of halogens is 1. The lowest BCUT2D eigenvalue weighted by Gasteiger charge is -2.11. The minimum atomic E-state index is 0. The first-order valence-corrected chi connectivity index (χ1v) is 9.37. The normalized spacial score (nSPS) is 11.1. The number of nitrogens with one attached hydrogen (secondary N) is 2. The van der Waals surface area contributed by atoms with Crippen LogP contribution in [-0.2, 0) is 13.1 Å². The van der Waals surface area contributed by atoms with Crippen LogP contribution in [0.15, 0.2) is 48.0 Å². The van der Waals surface area contributed by atoms with Gasteiger partial charge in [-0.2, -0.15) is 0 Å². The molecule has 0 spiro atoms. The van der Waals surface area contributed by atoms with E-state index >= 15 is 0 Å². The van der Waals surface area contributed by atoms with Crippen molar-refractivity contribution in [2.24, 2.45) is 4.99 Å². The third-order valence-corrected chi connectivity index (χ3v) is 4.03. The molecule has 0 amide bonds. The molecule has 2 rings (SSSR count). The van der Waals surface area contributed by atoms with Crippen molar-refractivity contribution in [3.8, 4) is 0 Å². The van der Waals surface area contributed by atoms with Gasteiger partial charge in [0.05, 0.1) is 12.9 Å². The molecule has 0 aliphatic heterocycles. The molecule has 0 unspecified atom stereocenters. The van der Waals surface area contributed by atoms with Gasteiger partial charge in [0.1, 0.15) is 0 Å². The molecule has 1 aromatic heterocycles. The molecular formula is C20H32IN5. The third kappa shape index (κ3) is 8.69. The number of imidazole rings is 1. The zero-order valence-electron chi connectivity index (χ0n) is 15.9. The van der Waals surface area contributed by atoms with Crippen LogP contribution in [0.4, 0.5) is 0 Å². The molecule has 0 saturated heterocycles. The summed E-state index contributed by atoms with van der Waals surface area (Å²) in [5.74, 6) is 0.904. The Morgan fingerprint density at radius 1 is 1.04 bits per heavy atom. The fourth-order valence-corrected chi connectivity index (χ4v) is 2.61. The number of aliphatic imine (C=N–C) groups is 1. The molecule has 1 aromatic carbocycles. The number of unbranched alkanes of at least 4 members (excludes halogenated alkanes) is 3. The van der Waals surface area contributed by atoms with E-state index < -0.39 is 0 Å². The molecule has 0 bridgehead atoms. The molecule has 1 heterocycles. The van der Waals surface area contributed by atoms with Gasteiger partial charge < -0.3 is 15.2 Å². The predicted molar refractivity (Wildman–Crippen MR) is 120 cm³/mol. The van der Waals surface area contributed by atoms with Gasteiger partial charge in [-0.1, -0.05) is 50.5 Å². The lowest BCUT2D eigenvalue weighted by Crippen LogP contribution is -2.37. The van der Waals surface area contributed by atoms with E-state index in [9.17, 15) is 0 Å². The third-order valence-electron chi connectivity index (χ3n) is 4.03. The van der Waals surface area contributed by atoms with Crippen molar-refractivity contribution in [2.75, 3.05) is 13.1 Å². The van der Waals surface area contributed by atoms with Crippen LogP contribution in [0, 0.1) is 0 Å². The number of nitrogens with zero attached hydrogens (tertiary/aromatic N) is 3. The largest absolute Gasteiger partial charge is 0.357 e. The molecule has 0 saturated carbocycles. The number of aromatic nitrogens is 2. The monoisotopic (exact) mass is 469 g/mol. The average molecular weight is 469 g/mol. The summed E-state index contributed by atoms with van der Waals surface area (Å²) in [5.41, 5.74) is 2.49. The predicted octanol–water partition coefficient (Wildman–Crippen LogP) is 4.18. The molecule has 26 heavy (non-hydrogen) atoms. The minimum Gasteiger partial charge on any atom is -0.357 e. The Morgan fingerprint density at radius 2 is 1.81 bits per heavy atom. The molecule has 0 fully saturated rings. The number of hydrogen-bond acceptors (Lipinski definition) is 2. The van der Waals surface area contributed by atoms with Crippen LogP contribution in [0.3, 0.4) is 0 Å². The summed E-state index contributed by atoms with van der Waals surface area (Å²) in [4.78, 5) is 8.76. The summed E-state index contributed by atoms with van der Waals surface area (Å²) in [6.45, 7) is 7.74. The van der Waals surface area contributed by atoms with Crippen LogP contribution < -0.4 is 10.6 Å². The summed E-state index contributed by atoms with van der Waals surface area (Å²) in [6, 6.07) is 8.63. The molecule has 0 aliphatic rings. The quantitative estimate of drug-likeness (QED) is 0.238. The number of hydrogen-bond donors (Lipinski definition) is 2. The van der Waals surface area contributed by atoms with Crippen molar-refractivity contribution in [1.82, 2.24) is 20.2 Å². The SMILES string of the molecule is CCCCCCNC(=NCc1ccc(Cn2ccnc2)cc1)NCC.I. The van der Waals surface area contributed by atoms with Crippen LogP contribution in [-0.4, -0.2) is 28.6 Å². The standard InChI is InChI=1S/C20H31N5.HI/c1-3-5-6-7-12-23-20(22-4-2)24-15-18-8-10-19(11-9-18)16-25-14-13-21-17-25;/h8-11,13-14,17H,3-7,12,15-16H2,1-2H3,(H2,22,23,24);1H. The van der Waals surface area contributed by atoms with Gasteiger partial charge in [-0.25, -0.2) is 9.98 Å². The highest BCUT2D eigenvalue weighted by atomic mass is 127. The van der Waals surface area contributed by atoms with Crippen molar-refractivity contribution in [2.45, 2.75) is 52.6 Å². The first-order valence-electron chi connectivity index (χ1n) is 9.37. The van der Waals surface area contributed by atoms with Crippen molar-refractivity contribution in [3.63, 3.8) is 0 Å². The van der Waals surface area contributed by atoms with E-state index in [0.717, 1.165) is 25.6 Å². The molecule has 5 nitrogen and oxygen atoms in total. The van der Waals surface area contributed by atoms with E-state index in [1.807, 2.05) is 12.5 Å². The molecule has 6 heteroatoms. The van der Waals surface area contributed by atoms with E-state index in [1.54, 1.807) is 6.20 Å². The second kappa shape index (κ2) is 13.6. The van der Waals surface area contributed by atoms with Crippen molar-refractivity contribution >= 4 is 29.9 Å². The second-order valence-corrected chi connectivity index (χ2v) is 6.23.